The highest BCUT2D eigenvalue weighted by Crippen LogP contribution is 2.01. The van der Waals surface area contributed by atoms with Crippen LogP contribution in [0, 0.1) is 0 Å². The molecule has 0 unspecified atom stereocenters. The zero-order chi connectivity index (χ0) is 10.6. The first-order chi connectivity index (χ1) is 5.86. The molecule has 13 heavy (non-hydrogen) atoms. The molecule has 5 nitrogen and oxygen atoms in total. The number of aliphatic carboxylic acids is 1. The van der Waals surface area contributed by atoms with Gasteiger partial charge in [0.1, 0.15) is 6.54 Å². The van der Waals surface area contributed by atoms with E-state index in [4.69, 9.17) is 5.11 Å². The van der Waals surface area contributed by atoms with E-state index < -0.39 is 5.97 Å². The molecule has 0 saturated heterocycles. The topological polar surface area (TPSA) is 60.9 Å². The van der Waals surface area contributed by atoms with Gasteiger partial charge < -0.3 is 14.9 Å². The minimum Gasteiger partial charge on any atom is -0.480 e. The van der Waals surface area contributed by atoms with Crippen LogP contribution < -0.4 is 0 Å². The van der Waals surface area contributed by atoms with Crippen LogP contribution in [0.5, 0.6) is 0 Å². The van der Waals surface area contributed by atoms with E-state index in [2.05, 4.69) is 0 Å². The molecule has 0 aliphatic heterocycles. The predicted molar refractivity (Wildman–Crippen MR) is 48.6 cm³/mol. The van der Waals surface area contributed by atoms with Gasteiger partial charge in [-0.3, -0.25) is 4.79 Å². The Morgan fingerprint density at radius 3 is 2.00 bits per heavy atom. The molecule has 1 N–H and O–H groups in total. The van der Waals surface area contributed by atoms with E-state index in [-0.39, 0.29) is 18.6 Å². The van der Waals surface area contributed by atoms with E-state index in [0.717, 1.165) is 0 Å². The number of nitrogens with zero attached hydrogens (tertiary/aromatic N) is 2. The van der Waals surface area contributed by atoms with E-state index in [1.807, 2.05) is 0 Å². The third-order valence-corrected chi connectivity index (χ3v) is 1.56. The minimum atomic E-state index is -0.996. The molecule has 0 aromatic rings. The summed E-state index contributed by atoms with van der Waals surface area (Å²) in [5.74, 6) is -0.996. The van der Waals surface area contributed by atoms with Crippen molar-refractivity contribution in [3.63, 3.8) is 0 Å². The van der Waals surface area contributed by atoms with Crippen LogP contribution in [0.4, 0.5) is 4.79 Å². The molecule has 0 saturated carbocycles. The molecule has 0 fully saturated rings. The molecular formula is C8H16N2O3. The quantitative estimate of drug-likeness (QED) is 0.700. The summed E-state index contributed by atoms with van der Waals surface area (Å²) in [5.41, 5.74) is 0. The fraction of sp³-hybridized carbons (Fsp3) is 0.750. The Labute approximate surface area is 77.9 Å². The molecule has 76 valence electrons. The average molecular weight is 188 g/mol. The summed E-state index contributed by atoms with van der Waals surface area (Å²) in [6.07, 6.45) is 0. The summed E-state index contributed by atoms with van der Waals surface area (Å²) in [7, 11) is 3.19. The maximum Gasteiger partial charge on any atom is 0.323 e. The van der Waals surface area contributed by atoms with Crippen molar-refractivity contribution in [3.8, 4) is 0 Å². The van der Waals surface area contributed by atoms with E-state index in [1.165, 1.54) is 9.80 Å². The van der Waals surface area contributed by atoms with E-state index in [1.54, 1.807) is 27.9 Å². The number of urea groups is 1. The number of hydrogen-bond donors (Lipinski definition) is 1. The summed E-state index contributed by atoms with van der Waals surface area (Å²) in [6.45, 7) is 3.31. The van der Waals surface area contributed by atoms with Crippen molar-refractivity contribution in [2.45, 2.75) is 19.9 Å². The molecule has 0 aromatic carbocycles. The van der Waals surface area contributed by atoms with Crippen molar-refractivity contribution in [2.24, 2.45) is 0 Å². The lowest BCUT2D eigenvalue weighted by molar-refractivity contribution is -0.138. The number of carbonyl (C=O) groups excluding carboxylic acids is 1. The highest BCUT2D eigenvalue weighted by atomic mass is 16.4. The van der Waals surface area contributed by atoms with Gasteiger partial charge in [0.25, 0.3) is 0 Å². The third kappa shape index (κ3) is 3.78. The number of carbonyl (C=O) groups is 2. The molecule has 0 bridgehead atoms. The summed E-state index contributed by atoms with van der Waals surface area (Å²) in [6, 6.07) is -0.386. The first kappa shape index (κ1) is 11.7. The monoisotopic (exact) mass is 188 g/mol. The number of hydrogen-bond acceptors (Lipinski definition) is 2. The third-order valence-electron chi connectivity index (χ3n) is 1.56. The maximum atomic E-state index is 11.4. The first-order valence-corrected chi connectivity index (χ1v) is 4.06. The van der Waals surface area contributed by atoms with Crippen molar-refractivity contribution < 1.29 is 14.7 Å². The van der Waals surface area contributed by atoms with Crippen molar-refractivity contribution in [1.29, 1.82) is 0 Å². The Bertz CT molecular complexity index is 202. The second kappa shape index (κ2) is 4.69. The number of carboxylic acids is 1. The summed E-state index contributed by atoms with van der Waals surface area (Å²) in [4.78, 5) is 24.5. The second-order valence-corrected chi connectivity index (χ2v) is 3.29. The van der Waals surface area contributed by atoms with Crippen LogP contribution in [0.2, 0.25) is 0 Å². The van der Waals surface area contributed by atoms with Gasteiger partial charge in [-0.1, -0.05) is 0 Å². The van der Waals surface area contributed by atoms with Crippen LogP contribution in [-0.4, -0.2) is 53.6 Å². The van der Waals surface area contributed by atoms with Gasteiger partial charge in [0.15, 0.2) is 0 Å². The van der Waals surface area contributed by atoms with Crippen LogP contribution in [0.3, 0.4) is 0 Å². The molecule has 0 aromatic heterocycles. The zero-order valence-electron chi connectivity index (χ0n) is 8.44. The number of carboxylic acid groups (broad SMARTS) is 1. The Morgan fingerprint density at radius 1 is 1.31 bits per heavy atom. The summed E-state index contributed by atoms with van der Waals surface area (Å²) >= 11 is 0. The van der Waals surface area contributed by atoms with Crippen LogP contribution in [0.1, 0.15) is 13.8 Å². The van der Waals surface area contributed by atoms with E-state index in [0.29, 0.717) is 0 Å². The molecule has 0 heterocycles. The Morgan fingerprint density at radius 2 is 1.77 bits per heavy atom. The van der Waals surface area contributed by atoms with Crippen LogP contribution in [0.15, 0.2) is 0 Å². The maximum absolute atomic E-state index is 11.4. The highest BCUT2D eigenvalue weighted by Gasteiger charge is 2.20. The first-order valence-electron chi connectivity index (χ1n) is 4.06. The SMILES string of the molecule is CC(C)N(CC(=O)O)C(=O)N(C)C. The smallest absolute Gasteiger partial charge is 0.323 e. The van der Waals surface area contributed by atoms with Gasteiger partial charge in [0.05, 0.1) is 0 Å². The van der Waals surface area contributed by atoms with Crippen molar-refractivity contribution >= 4 is 12.0 Å². The predicted octanol–water partition coefficient (Wildman–Crippen LogP) is 0.463. The number of rotatable bonds is 3. The molecule has 0 aliphatic carbocycles. The van der Waals surface area contributed by atoms with Gasteiger partial charge in [-0.15, -0.1) is 0 Å². The van der Waals surface area contributed by atoms with Gasteiger partial charge in [0, 0.05) is 20.1 Å². The Kier molecular flexibility index (Phi) is 4.23. The highest BCUT2D eigenvalue weighted by molar-refractivity contribution is 5.80. The molecule has 0 spiro atoms. The molecule has 0 rings (SSSR count). The summed E-state index contributed by atoms with van der Waals surface area (Å²) in [5, 5.41) is 8.55. The van der Waals surface area contributed by atoms with Crippen LogP contribution in [-0.2, 0) is 4.79 Å². The van der Waals surface area contributed by atoms with E-state index in [9.17, 15) is 9.59 Å². The van der Waals surface area contributed by atoms with Gasteiger partial charge in [0.2, 0.25) is 0 Å². The van der Waals surface area contributed by atoms with Gasteiger partial charge >= 0.3 is 12.0 Å². The zero-order valence-corrected chi connectivity index (χ0v) is 8.44. The van der Waals surface area contributed by atoms with Gasteiger partial charge in [-0.25, -0.2) is 4.79 Å². The van der Waals surface area contributed by atoms with Crippen molar-refractivity contribution in [1.82, 2.24) is 9.80 Å². The standard InChI is InChI=1S/C8H16N2O3/c1-6(2)10(5-7(11)12)8(13)9(3)4/h6H,5H2,1-4H3,(H,11,12). The average Bonchev–Trinajstić information content (AvgIpc) is 1.97. The molecule has 0 radical (unpaired) electrons. The second-order valence-electron chi connectivity index (χ2n) is 3.29. The van der Waals surface area contributed by atoms with Crippen LogP contribution >= 0.6 is 0 Å². The minimum absolute atomic E-state index is 0.106. The lowest BCUT2D eigenvalue weighted by Gasteiger charge is -2.27. The van der Waals surface area contributed by atoms with E-state index >= 15 is 0 Å². The molecule has 2 amide bonds. The fourth-order valence-electron chi connectivity index (χ4n) is 0.874. The molecule has 0 atom stereocenters. The summed E-state index contributed by atoms with van der Waals surface area (Å²) < 4.78 is 0. The van der Waals surface area contributed by atoms with Crippen LogP contribution in [0.25, 0.3) is 0 Å². The molecule has 5 heteroatoms. The van der Waals surface area contributed by atoms with Gasteiger partial charge in [-0.2, -0.15) is 0 Å². The lowest BCUT2D eigenvalue weighted by Crippen LogP contribution is -2.45. The molecular weight excluding hydrogens is 172 g/mol. The number of amides is 2. The Balaban J connectivity index is 4.42. The molecule has 0 aliphatic rings. The van der Waals surface area contributed by atoms with Gasteiger partial charge in [-0.05, 0) is 13.8 Å². The Hall–Kier alpha value is -1.26. The van der Waals surface area contributed by atoms with Crippen molar-refractivity contribution in [2.75, 3.05) is 20.6 Å². The largest absolute Gasteiger partial charge is 0.480 e. The normalized spacial score (nSPS) is 9.92. The fourth-order valence-corrected chi connectivity index (χ4v) is 0.874. The lowest BCUT2D eigenvalue weighted by atomic mass is 10.3. The van der Waals surface area contributed by atoms with Crippen molar-refractivity contribution in [3.05, 3.63) is 0 Å².